The quantitative estimate of drug-likeness (QED) is 0.449. The second-order valence-corrected chi connectivity index (χ2v) is 9.90. The van der Waals surface area contributed by atoms with E-state index in [4.69, 9.17) is 9.32 Å². The predicted molar refractivity (Wildman–Crippen MR) is 106 cm³/mol. The Balaban J connectivity index is 1.93. The largest absolute Gasteiger partial charge is 0.380 e. The van der Waals surface area contributed by atoms with Gasteiger partial charge in [0.25, 0.3) is 0 Å². The molecular weight excluding hydrogens is 438 g/mol. The molecule has 29 heavy (non-hydrogen) atoms. The summed E-state index contributed by atoms with van der Waals surface area (Å²) >= 11 is 1.38. The normalized spacial score (nSPS) is 12.3. The fourth-order valence-corrected chi connectivity index (χ4v) is 4.31. The zero-order valence-corrected chi connectivity index (χ0v) is 17.2. The summed E-state index contributed by atoms with van der Waals surface area (Å²) in [6.45, 7) is 0. The van der Waals surface area contributed by atoms with E-state index < -0.39 is 20.1 Å². The monoisotopic (exact) mass is 451 g/mol. The minimum atomic E-state index is -4.19. The van der Waals surface area contributed by atoms with Crippen LogP contribution in [0.25, 0.3) is 27.6 Å². The van der Waals surface area contributed by atoms with Gasteiger partial charge >= 0.3 is 10.3 Å². The summed E-state index contributed by atoms with van der Waals surface area (Å²) in [5, 5.41) is 6.46. The van der Waals surface area contributed by atoms with Gasteiger partial charge in [-0.15, -0.1) is 11.3 Å². The topological polar surface area (TPSA) is 147 Å². The first-order valence-corrected chi connectivity index (χ1v) is 12.2. The molecular formula is C16H13N5O5S3. The molecule has 0 aliphatic rings. The minimum absolute atomic E-state index is 0.0202. The van der Waals surface area contributed by atoms with E-state index in [1.54, 1.807) is 28.8 Å². The van der Waals surface area contributed by atoms with Crippen LogP contribution in [-0.2, 0) is 20.1 Å². The summed E-state index contributed by atoms with van der Waals surface area (Å²) in [7, 11) is -7.80. The Labute approximate surface area is 169 Å². The van der Waals surface area contributed by atoms with Crippen molar-refractivity contribution in [3.05, 3.63) is 48.1 Å². The molecule has 0 radical (unpaired) electrons. The molecule has 0 spiro atoms. The van der Waals surface area contributed by atoms with E-state index >= 15 is 0 Å². The lowest BCUT2D eigenvalue weighted by Gasteiger charge is -2.07. The van der Waals surface area contributed by atoms with Gasteiger partial charge in [0.2, 0.25) is 15.0 Å². The highest BCUT2D eigenvalue weighted by molar-refractivity contribution is 7.90. The van der Waals surface area contributed by atoms with Gasteiger partial charge in [-0.1, -0.05) is 12.1 Å². The standard InChI is InChI=1S/C16H13N5O5S3/c1-28(22,23)15-18-6-5-12(19-15)14-13(20-16-21(14)7-8-27-16)10-3-2-4-11(9-10)26-29(17,24)25/h2-9H,1H3,(H2,17,24,25). The molecule has 0 atom stereocenters. The van der Waals surface area contributed by atoms with Crippen LogP contribution >= 0.6 is 11.3 Å². The van der Waals surface area contributed by atoms with Crippen molar-refractivity contribution in [3.63, 3.8) is 0 Å². The summed E-state index contributed by atoms with van der Waals surface area (Å²) in [5.74, 6) is 0.0202. The van der Waals surface area contributed by atoms with Gasteiger partial charge in [0.05, 0.1) is 11.4 Å². The molecule has 0 aliphatic heterocycles. The third-order valence-corrected chi connectivity index (χ3v) is 5.83. The van der Waals surface area contributed by atoms with Gasteiger partial charge < -0.3 is 4.18 Å². The van der Waals surface area contributed by atoms with Crippen molar-refractivity contribution in [1.29, 1.82) is 0 Å². The molecule has 0 amide bonds. The minimum Gasteiger partial charge on any atom is -0.371 e. The first kappa shape index (κ1) is 19.4. The van der Waals surface area contributed by atoms with Crippen LogP contribution in [0.5, 0.6) is 5.75 Å². The Hall–Kier alpha value is -2.87. The van der Waals surface area contributed by atoms with Crippen molar-refractivity contribution in [1.82, 2.24) is 19.4 Å². The second-order valence-electron chi connectivity index (χ2n) is 5.97. The Bertz CT molecular complexity index is 1440. The third kappa shape index (κ3) is 3.98. The molecule has 3 aromatic heterocycles. The van der Waals surface area contributed by atoms with Crippen molar-refractivity contribution in [2.75, 3.05) is 6.26 Å². The summed E-state index contributed by atoms with van der Waals surface area (Å²) in [6.07, 6.45) is 4.16. The average Bonchev–Trinajstić information content (AvgIpc) is 3.20. The number of rotatable bonds is 5. The maximum Gasteiger partial charge on any atom is 0.380 e. The van der Waals surface area contributed by atoms with Gasteiger partial charge in [0.15, 0.2) is 4.96 Å². The smallest absolute Gasteiger partial charge is 0.371 e. The number of hydrogen-bond acceptors (Lipinski definition) is 9. The maximum atomic E-state index is 11.9. The molecule has 3 heterocycles. The van der Waals surface area contributed by atoms with Crippen LogP contribution in [0.3, 0.4) is 0 Å². The van der Waals surface area contributed by atoms with Gasteiger partial charge in [-0.2, -0.15) is 13.6 Å². The van der Waals surface area contributed by atoms with E-state index in [2.05, 4.69) is 15.0 Å². The number of hydrogen-bond donors (Lipinski definition) is 1. The summed E-state index contributed by atoms with van der Waals surface area (Å²) < 4.78 is 52.7. The highest BCUT2D eigenvalue weighted by Crippen LogP contribution is 2.34. The van der Waals surface area contributed by atoms with Gasteiger partial charge in [-0.25, -0.2) is 23.4 Å². The van der Waals surface area contributed by atoms with E-state index in [-0.39, 0.29) is 10.9 Å². The molecule has 0 fully saturated rings. The van der Waals surface area contributed by atoms with Crippen molar-refractivity contribution in [3.8, 4) is 28.4 Å². The number of fused-ring (bicyclic) bond motifs is 1. The molecule has 2 N–H and O–H groups in total. The zero-order chi connectivity index (χ0) is 20.8. The SMILES string of the molecule is CS(=O)(=O)c1nccc(-c2c(-c3cccc(OS(N)(=O)=O)c3)nc3sccn23)n1. The Morgan fingerprint density at radius 1 is 1.14 bits per heavy atom. The highest BCUT2D eigenvalue weighted by atomic mass is 32.2. The number of sulfone groups is 1. The Morgan fingerprint density at radius 2 is 1.93 bits per heavy atom. The van der Waals surface area contributed by atoms with Crippen LogP contribution < -0.4 is 9.32 Å². The lowest BCUT2D eigenvalue weighted by molar-refractivity contribution is 0.488. The lowest BCUT2D eigenvalue weighted by Crippen LogP contribution is -2.18. The molecule has 150 valence electrons. The highest BCUT2D eigenvalue weighted by Gasteiger charge is 2.21. The summed E-state index contributed by atoms with van der Waals surface area (Å²) in [5.41, 5.74) is 1.88. The van der Waals surface area contributed by atoms with Crippen LogP contribution in [0.2, 0.25) is 0 Å². The average molecular weight is 452 g/mol. The van der Waals surface area contributed by atoms with Crippen LogP contribution in [0.4, 0.5) is 0 Å². The second kappa shape index (κ2) is 6.88. The predicted octanol–water partition coefficient (Wildman–Crippen LogP) is 1.51. The molecule has 4 rings (SSSR count). The van der Waals surface area contributed by atoms with Crippen molar-refractivity contribution in [2.45, 2.75) is 5.16 Å². The number of nitrogens with zero attached hydrogens (tertiary/aromatic N) is 4. The number of nitrogens with two attached hydrogens (primary N) is 1. The van der Waals surface area contributed by atoms with Gasteiger partial charge in [0.1, 0.15) is 11.4 Å². The fraction of sp³-hybridized carbons (Fsp3) is 0.0625. The van der Waals surface area contributed by atoms with Crippen LogP contribution in [0.1, 0.15) is 0 Å². The molecule has 0 bridgehead atoms. The van der Waals surface area contributed by atoms with Gasteiger partial charge in [-0.05, 0) is 18.2 Å². The van der Waals surface area contributed by atoms with Crippen molar-refractivity contribution >= 4 is 36.4 Å². The van der Waals surface area contributed by atoms with Gasteiger partial charge in [0, 0.05) is 29.6 Å². The Kier molecular flexibility index (Phi) is 4.61. The zero-order valence-electron chi connectivity index (χ0n) is 14.8. The molecule has 0 aliphatic carbocycles. The molecule has 0 unspecified atom stereocenters. The van der Waals surface area contributed by atoms with Crippen LogP contribution in [-0.4, -0.2) is 42.4 Å². The molecule has 1 aromatic carbocycles. The lowest BCUT2D eigenvalue weighted by atomic mass is 10.1. The van der Waals surface area contributed by atoms with E-state index in [1.165, 1.54) is 29.7 Å². The van der Waals surface area contributed by atoms with Crippen molar-refractivity contribution in [2.24, 2.45) is 5.14 Å². The van der Waals surface area contributed by atoms with E-state index in [1.807, 2.05) is 5.38 Å². The van der Waals surface area contributed by atoms with E-state index in [0.29, 0.717) is 27.6 Å². The molecule has 4 aromatic rings. The molecule has 0 saturated carbocycles. The number of aromatic nitrogens is 4. The van der Waals surface area contributed by atoms with Crippen molar-refractivity contribution < 1.29 is 21.0 Å². The van der Waals surface area contributed by atoms with E-state index in [9.17, 15) is 16.8 Å². The fourth-order valence-electron chi connectivity index (χ4n) is 2.71. The summed E-state index contributed by atoms with van der Waals surface area (Å²) in [6, 6.07) is 7.79. The summed E-state index contributed by atoms with van der Waals surface area (Å²) in [4.78, 5) is 13.2. The van der Waals surface area contributed by atoms with E-state index in [0.717, 1.165) is 6.26 Å². The van der Waals surface area contributed by atoms with Crippen LogP contribution in [0.15, 0.2) is 53.3 Å². The number of imidazole rings is 1. The third-order valence-electron chi connectivity index (χ3n) is 3.79. The molecule has 0 saturated heterocycles. The van der Waals surface area contributed by atoms with Gasteiger partial charge in [-0.3, -0.25) is 4.40 Å². The first-order chi connectivity index (χ1) is 13.6. The first-order valence-electron chi connectivity index (χ1n) is 7.93. The Morgan fingerprint density at radius 3 is 2.66 bits per heavy atom. The number of thiazole rings is 1. The molecule has 10 nitrogen and oxygen atoms in total. The molecule has 13 heteroatoms. The maximum absolute atomic E-state index is 11.9. The number of benzene rings is 1. The van der Waals surface area contributed by atoms with Crippen LogP contribution in [0, 0.1) is 0 Å².